The van der Waals surface area contributed by atoms with Gasteiger partial charge >= 0.3 is 0 Å². The number of nitrogens with zero attached hydrogens (tertiary/aromatic N) is 1. The number of hydrogen-bond acceptors (Lipinski definition) is 4. The van der Waals surface area contributed by atoms with Crippen molar-refractivity contribution in [2.24, 2.45) is 0 Å². The predicted molar refractivity (Wildman–Crippen MR) is 96.9 cm³/mol. The second kappa shape index (κ2) is 7.68. The molecule has 0 aliphatic rings. The van der Waals surface area contributed by atoms with E-state index < -0.39 is 23.1 Å². The number of aromatic nitrogens is 1. The summed E-state index contributed by atoms with van der Waals surface area (Å²) < 4.78 is 32.3. The first-order valence-corrected chi connectivity index (χ1v) is 8.27. The number of carbonyl (C=O) groups is 1. The molecular weight excluding hydrogens is 340 g/mol. The van der Waals surface area contributed by atoms with Crippen molar-refractivity contribution in [1.29, 1.82) is 0 Å². The lowest BCUT2D eigenvalue weighted by Gasteiger charge is -2.22. The molecule has 5 nitrogen and oxygen atoms in total. The van der Waals surface area contributed by atoms with Crippen LogP contribution in [0.25, 0.3) is 0 Å². The van der Waals surface area contributed by atoms with Crippen LogP contribution in [0.3, 0.4) is 0 Å². The van der Waals surface area contributed by atoms with E-state index in [1.54, 1.807) is 12.1 Å². The van der Waals surface area contributed by atoms with Crippen molar-refractivity contribution in [3.8, 4) is 5.75 Å². The first-order chi connectivity index (χ1) is 12.0. The molecule has 2 rings (SSSR count). The van der Waals surface area contributed by atoms with E-state index in [4.69, 9.17) is 4.74 Å². The highest BCUT2D eigenvalue weighted by atomic mass is 19.1. The van der Waals surface area contributed by atoms with Crippen LogP contribution in [0.5, 0.6) is 5.75 Å². The number of carbonyl (C=O) groups excluding carboxylic acids is 1. The number of rotatable bonds is 5. The zero-order chi connectivity index (χ0) is 19.5. The van der Waals surface area contributed by atoms with Crippen LogP contribution in [0, 0.1) is 11.6 Å². The maximum Gasteiger partial charge on any atom is 0.274 e. The first-order valence-electron chi connectivity index (χ1n) is 8.27. The molecule has 1 amide bonds. The number of nitrogens with one attached hydrogen (secondary N) is 2. The quantitative estimate of drug-likeness (QED) is 0.825. The minimum atomic E-state index is -0.710. The lowest BCUT2D eigenvalue weighted by molar-refractivity contribution is 0.0908. The van der Waals surface area contributed by atoms with Crippen LogP contribution in [0.2, 0.25) is 0 Å². The molecule has 0 aliphatic heterocycles. The van der Waals surface area contributed by atoms with Gasteiger partial charge in [0.05, 0.1) is 6.10 Å². The Morgan fingerprint density at radius 1 is 1.12 bits per heavy atom. The summed E-state index contributed by atoms with van der Waals surface area (Å²) in [5, 5.41) is 5.63. The summed E-state index contributed by atoms with van der Waals surface area (Å²) in [6, 6.07) is 6.23. The van der Waals surface area contributed by atoms with E-state index in [0.29, 0.717) is 5.75 Å². The average molecular weight is 363 g/mol. The van der Waals surface area contributed by atoms with Crippen molar-refractivity contribution in [2.45, 2.75) is 46.3 Å². The summed E-state index contributed by atoms with van der Waals surface area (Å²) >= 11 is 0. The third-order valence-corrected chi connectivity index (χ3v) is 3.06. The van der Waals surface area contributed by atoms with E-state index in [-0.39, 0.29) is 23.3 Å². The van der Waals surface area contributed by atoms with Crippen molar-refractivity contribution >= 4 is 17.4 Å². The van der Waals surface area contributed by atoms with Gasteiger partial charge in [0.25, 0.3) is 5.91 Å². The molecule has 1 aromatic heterocycles. The monoisotopic (exact) mass is 363 g/mol. The Balaban J connectivity index is 2.36. The Hall–Kier alpha value is -2.70. The largest absolute Gasteiger partial charge is 0.489 e. The second-order valence-electron chi connectivity index (χ2n) is 7.20. The molecule has 2 N–H and O–H groups in total. The van der Waals surface area contributed by atoms with Crippen molar-refractivity contribution in [3.05, 3.63) is 47.7 Å². The van der Waals surface area contributed by atoms with E-state index in [1.165, 1.54) is 0 Å². The first kappa shape index (κ1) is 19.6. The summed E-state index contributed by atoms with van der Waals surface area (Å²) in [6.07, 6.45) is -0.144. The van der Waals surface area contributed by atoms with Gasteiger partial charge in [0.2, 0.25) is 0 Å². The smallest absolute Gasteiger partial charge is 0.274 e. The standard InChI is InChI=1S/C19H23F2N3O2/c1-11(2)26-15-6-7-16(22-14-9-12(20)8-13(21)10-14)23-17(15)18(25)24-19(3,4)5/h6-11H,1-5H3,(H,22,23)(H,24,25). The molecule has 2 aromatic rings. The molecule has 0 radical (unpaired) electrons. The number of hydrogen-bond donors (Lipinski definition) is 2. The number of amides is 1. The Bertz CT molecular complexity index is 782. The molecule has 7 heteroatoms. The van der Waals surface area contributed by atoms with Crippen LogP contribution in [0.1, 0.15) is 45.1 Å². The molecule has 1 aromatic carbocycles. The van der Waals surface area contributed by atoms with Gasteiger partial charge in [0.15, 0.2) is 11.4 Å². The Labute approximate surface area is 151 Å². The molecule has 0 saturated carbocycles. The number of anilines is 2. The minimum absolute atomic E-state index is 0.0931. The molecule has 0 bridgehead atoms. The highest BCUT2D eigenvalue weighted by Crippen LogP contribution is 2.24. The predicted octanol–water partition coefficient (Wildman–Crippen LogP) is 4.42. The number of benzene rings is 1. The van der Waals surface area contributed by atoms with E-state index in [2.05, 4.69) is 15.6 Å². The van der Waals surface area contributed by atoms with Crippen molar-refractivity contribution in [2.75, 3.05) is 5.32 Å². The summed E-state index contributed by atoms with van der Waals surface area (Å²) in [5.74, 6) is -1.22. The number of ether oxygens (including phenoxy) is 1. The van der Waals surface area contributed by atoms with Crippen LogP contribution in [0.15, 0.2) is 30.3 Å². The fourth-order valence-electron chi connectivity index (χ4n) is 2.20. The van der Waals surface area contributed by atoms with E-state index in [9.17, 15) is 13.6 Å². The maximum atomic E-state index is 13.3. The number of halogens is 2. The Morgan fingerprint density at radius 3 is 2.27 bits per heavy atom. The summed E-state index contributed by atoms with van der Waals surface area (Å²) in [6.45, 7) is 9.24. The lowest BCUT2D eigenvalue weighted by Crippen LogP contribution is -2.41. The zero-order valence-electron chi connectivity index (χ0n) is 15.5. The van der Waals surface area contributed by atoms with Gasteiger partial charge in [-0.05, 0) is 58.9 Å². The topological polar surface area (TPSA) is 63.2 Å². The summed E-state index contributed by atoms with van der Waals surface area (Å²) in [7, 11) is 0. The molecule has 0 fully saturated rings. The molecule has 0 aliphatic carbocycles. The molecule has 1 heterocycles. The maximum absolute atomic E-state index is 13.3. The van der Waals surface area contributed by atoms with E-state index in [0.717, 1.165) is 18.2 Å². The van der Waals surface area contributed by atoms with Gasteiger partial charge in [0.1, 0.15) is 17.5 Å². The highest BCUT2D eigenvalue weighted by Gasteiger charge is 2.21. The van der Waals surface area contributed by atoms with Gasteiger partial charge in [-0.25, -0.2) is 13.8 Å². The molecule has 0 spiro atoms. The fraction of sp³-hybridized carbons (Fsp3) is 0.368. The highest BCUT2D eigenvalue weighted by molar-refractivity contribution is 5.95. The summed E-state index contributed by atoms with van der Waals surface area (Å²) in [5.41, 5.74) is -0.173. The normalized spacial score (nSPS) is 11.4. The molecular formula is C19H23F2N3O2. The number of pyridine rings is 1. The fourth-order valence-corrected chi connectivity index (χ4v) is 2.20. The Morgan fingerprint density at radius 2 is 1.73 bits per heavy atom. The average Bonchev–Trinajstić information content (AvgIpc) is 2.45. The Kier molecular flexibility index (Phi) is 5.79. The lowest BCUT2D eigenvalue weighted by atomic mass is 10.1. The van der Waals surface area contributed by atoms with E-state index in [1.807, 2.05) is 34.6 Å². The van der Waals surface area contributed by atoms with Gasteiger partial charge in [-0.15, -0.1) is 0 Å². The second-order valence-corrected chi connectivity index (χ2v) is 7.20. The van der Waals surface area contributed by atoms with E-state index >= 15 is 0 Å². The van der Waals surface area contributed by atoms with Crippen molar-refractivity contribution in [1.82, 2.24) is 10.3 Å². The van der Waals surface area contributed by atoms with Gasteiger partial charge in [-0.1, -0.05) is 0 Å². The van der Waals surface area contributed by atoms with Crippen molar-refractivity contribution < 1.29 is 18.3 Å². The zero-order valence-corrected chi connectivity index (χ0v) is 15.5. The van der Waals surface area contributed by atoms with Gasteiger partial charge in [-0.3, -0.25) is 4.79 Å². The van der Waals surface area contributed by atoms with Gasteiger partial charge < -0.3 is 15.4 Å². The van der Waals surface area contributed by atoms with Crippen LogP contribution < -0.4 is 15.4 Å². The van der Waals surface area contributed by atoms with Crippen LogP contribution >= 0.6 is 0 Å². The molecule has 0 unspecified atom stereocenters. The van der Waals surface area contributed by atoms with Crippen LogP contribution in [0.4, 0.5) is 20.3 Å². The molecule has 0 saturated heterocycles. The minimum Gasteiger partial charge on any atom is -0.489 e. The molecule has 0 atom stereocenters. The molecule has 140 valence electrons. The van der Waals surface area contributed by atoms with Crippen LogP contribution in [-0.2, 0) is 0 Å². The SMILES string of the molecule is CC(C)Oc1ccc(Nc2cc(F)cc(F)c2)nc1C(=O)NC(C)(C)C. The van der Waals surface area contributed by atoms with Crippen LogP contribution in [-0.4, -0.2) is 22.5 Å². The third kappa shape index (κ3) is 5.68. The third-order valence-electron chi connectivity index (χ3n) is 3.06. The summed E-state index contributed by atoms with van der Waals surface area (Å²) in [4.78, 5) is 16.8. The van der Waals surface area contributed by atoms with Gasteiger partial charge in [0, 0.05) is 17.3 Å². The van der Waals surface area contributed by atoms with Crippen molar-refractivity contribution in [3.63, 3.8) is 0 Å². The van der Waals surface area contributed by atoms with Gasteiger partial charge in [-0.2, -0.15) is 0 Å². The molecule has 26 heavy (non-hydrogen) atoms.